The SMILES string of the molecule is COCC(=O)Nc1ccc2c(N=O)c(O)n(Cc3cc(F)cc4c3OCOC4)c2c1. The van der Waals surface area contributed by atoms with Crippen LogP contribution in [0.25, 0.3) is 10.9 Å². The molecular weight excluding hydrogens is 397 g/mol. The molecular formula is C20H18FN3O6. The molecule has 10 heteroatoms. The molecule has 156 valence electrons. The Hall–Kier alpha value is -3.50. The van der Waals surface area contributed by atoms with Crippen LogP contribution in [-0.4, -0.2) is 36.1 Å². The molecule has 0 spiro atoms. The average Bonchev–Trinajstić information content (AvgIpc) is 2.98. The van der Waals surface area contributed by atoms with E-state index < -0.39 is 5.82 Å². The molecule has 2 aromatic carbocycles. The van der Waals surface area contributed by atoms with Crippen LogP contribution in [-0.2, 0) is 27.4 Å². The topological polar surface area (TPSA) is 111 Å². The first-order valence-corrected chi connectivity index (χ1v) is 9.01. The minimum atomic E-state index is -0.477. The minimum Gasteiger partial charge on any atom is -0.493 e. The number of nitrogens with zero attached hydrogens (tertiary/aromatic N) is 2. The van der Waals surface area contributed by atoms with Crippen molar-refractivity contribution in [2.75, 3.05) is 25.8 Å². The second kappa shape index (κ2) is 8.09. The maximum absolute atomic E-state index is 14.1. The Bertz CT molecular complexity index is 1140. The summed E-state index contributed by atoms with van der Waals surface area (Å²) in [5.41, 5.74) is 1.74. The van der Waals surface area contributed by atoms with E-state index in [1.54, 1.807) is 18.2 Å². The molecule has 0 aliphatic carbocycles. The highest BCUT2D eigenvalue weighted by Crippen LogP contribution is 2.41. The molecule has 0 radical (unpaired) electrons. The van der Waals surface area contributed by atoms with Gasteiger partial charge in [-0.25, -0.2) is 4.39 Å². The van der Waals surface area contributed by atoms with Crippen LogP contribution in [0.4, 0.5) is 15.8 Å². The molecule has 0 saturated carbocycles. The number of fused-ring (bicyclic) bond motifs is 2. The first-order valence-electron chi connectivity index (χ1n) is 9.01. The largest absolute Gasteiger partial charge is 0.493 e. The molecule has 2 N–H and O–H groups in total. The highest BCUT2D eigenvalue weighted by Gasteiger charge is 2.22. The van der Waals surface area contributed by atoms with Crippen LogP contribution in [0.15, 0.2) is 35.5 Å². The van der Waals surface area contributed by atoms with E-state index in [4.69, 9.17) is 14.2 Å². The number of methoxy groups -OCH3 is 1. The lowest BCUT2D eigenvalue weighted by atomic mass is 10.1. The van der Waals surface area contributed by atoms with Crippen molar-refractivity contribution in [3.05, 3.63) is 52.2 Å². The smallest absolute Gasteiger partial charge is 0.250 e. The van der Waals surface area contributed by atoms with Gasteiger partial charge in [0, 0.05) is 29.3 Å². The van der Waals surface area contributed by atoms with Crippen molar-refractivity contribution in [2.24, 2.45) is 5.18 Å². The number of hydrogen-bond acceptors (Lipinski definition) is 7. The van der Waals surface area contributed by atoms with Gasteiger partial charge in [-0.15, -0.1) is 4.91 Å². The molecule has 30 heavy (non-hydrogen) atoms. The zero-order chi connectivity index (χ0) is 21.3. The molecule has 1 aliphatic heterocycles. The highest BCUT2D eigenvalue weighted by molar-refractivity contribution is 5.99. The van der Waals surface area contributed by atoms with Gasteiger partial charge in [0.25, 0.3) is 0 Å². The zero-order valence-electron chi connectivity index (χ0n) is 16.0. The summed E-state index contributed by atoms with van der Waals surface area (Å²) in [4.78, 5) is 23.2. The number of anilines is 1. The number of ether oxygens (including phenoxy) is 3. The fourth-order valence-corrected chi connectivity index (χ4v) is 3.52. The third-order valence-electron chi connectivity index (χ3n) is 4.74. The third kappa shape index (κ3) is 3.58. The first-order chi connectivity index (χ1) is 14.5. The molecule has 0 fully saturated rings. The van der Waals surface area contributed by atoms with Crippen LogP contribution in [0.5, 0.6) is 11.6 Å². The number of amides is 1. The summed E-state index contributed by atoms with van der Waals surface area (Å²) in [6.45, 7) is 0.115. The fraction of sp³-hybridized carbons (Fsp3) is 0.250. The summed E-state index contributed by atoms with van der Waals surface area (Å²) in [5, 5.41) is 16.6. The maximum atomic E-state index is 14.1. The van der Waals surface area contributed by atoms with Gasteiger partial charge in [-0.2, -0.15) is 0 Å². The van der Waals surface area contributed by atoms with Crippen molar-refractivity contribution in [3.63, 3.8) is 0 Å². The van der Waals surface area contributed by atoms with Crippen molar-refractivity contribution in [1.29, 1.82) is 0 Å². The number of halogens is 1. The Balaban J connectivity index is 1.80. The van der Waals surface area contributed by atoms with E-state index in [-0.39, 0.29) is 44.0 Å². The fourth-order valence-electron chi connectivity index (χ4n) is 3.52. The Morgan fingerprint density at radius 1 is 1.37 bits per heavy atom. The quantitative estimate of drug-likeness (QED) is 0.597. The summed E-state index contributed by atoms with van der Waals surface area (Å²) in [6, 6.07) is 7.36. The van der Waals surface area contributed by atoms with E-state index in [9.17, 15) is 19.2 Å². The van der Waals surface area contributed by atoms with Crippen LogP contribution in [0.3, 0.4) is 0 Å². The van der Waals surface area contributed by atoms with Crippen molar-refractivity contribution in [2.45, 2.75) is 13.2 Å². The molecule has 0 unspecified atom stereocenters. The number of nitroso groups, excluding NO2 is 1. The van der Waals surface area contributed by atoms with Crippen molar-refractivity contribution in [1.82, 2.24) is 4.57 Å². The summed E-state index contributed by atoms with van der Waals surface area (Å²) < 4.78 is 31.0. The summed E-state index contributed by atoms with van der Waals surface area (Å²) in [7, 11) is 1.40. The standard InChI is InChI=1S/C20H18FN3O6/c1-28-9-17(25)22-14-2-3-15-16(6-14)24(20(26)18(15)23-27)7-11-4-13(21)5-12-8-29-10-30-19(11)12/h2-6,26H,7-10H2,1H3,(H,22,25). The van der Waals surface area contributed by atoms with E-state index in [0.717, 1.165) is 0 Å². The minimum absolute atomic E-state index is 0.00736. The van der Waals surface area contributed by atoms with Gasteiger partial charge in [-0.3, -0.25) is 4.79 Å². The number of nitrogens with one attached hydrogen (secondary N) is 1. The number of benzene rings is 2. The van der Waals surface area contributed by atoms with Gasteiger partial charge in [0.15, 0.2) is 12.5 Å². The number of carbonyl (C=O) groups excluding carboxylic acids is 1. The summed E-state index contributed by atoms with van der Waals surface area (Å²) in [5.74, 6) is -0.741. The van der Waals surface area contributed by atoms with E-state index in [0.29, 0.717) is 33.5 Å². The van der Waals surface area contributed by atoms with E-state index in [1.807, 2.05) is 0 Å². The van der Waals surface area contributed by atoms with Gasteiger partial charge in [0.1, 0.15) is 18.2 Å². The van der Waals surface area contributed by atoms with Crippen LogP contribution in [0.2, 0.25) is 0 Å². The molecule has 1 aliphatic rings. The normalized spacial score (nSPS) is 13.0. The molecule has 0 bridgehead atoms. The zero-order valence-corrected chi connectivity index (χ0v) is 16.0. The van der Waals surface area contributed by atoms with Crippen LogP contribution in [0.1, 0.15) is 11.1 Å². The van der Waals surface area contributed by atoms with Crippen LogP contribution in [0, 0.1) is 10.7 Å². The molecule has 1 amide bonds. The lowest BCUT2D eigenvalue weighted by molar-refractivity contribution is -0.119. The number of aromatic hydroxyl groups is 1. The Kier molecular flexibility index (Phi) is 5.34. The van der Waals surface area contributed by atoms with E-state index >= 15 is 0 Å². The molecule has 0 saturated heterocycles. The average molecular weight is 415 g/mol. The van der Waals surface area contributed by atoms with Crippen molar-refractivity contribution < 1.29 is 28.5 Å². The first kappa shape index (κ1) is 19.8. The summed E-state index contributed by atoms with van der Waals surface area (Å²) >= 11 is 0. The predicted molar refractivity (Wildman–Crippen MR) is 105 cm³/mol. The number of aromatic nitrogens is 1. The molecule has 4 rings (SSSR count). The Morgan fingerprint density at radius 2 is 2.20 bits per heavy atom. The van der Waals surface area contributed by atoms with Crippen LogP contribution < -0.4 is 10.1 Å². The highest BCUT2D eigenvalue weighted by atomic mass is 19.1. The van der Waals surface area contributed by atoms with Crippen molar-refractivity contribution in [3.8, 4) is 11.6 Å². The van der Waals surface area contributed by atoms with E-state index in [2.05, 4.69) is 10.5 Å². The van der Waals surface area contributed by atoms with Crippen LogP contribution >= 0.6 is 0 Å². The Morgan fingerprint density at radius 3 is 2.97 bits per heavy atom. The summed E-state index contributed by atoms with van der Waals surface area (Å²) in [6.07, 6.45) is 0. The molecule has 2 heterocycles. The van der Waals surface area contributed by atoms with Gasteiger partial charge in [-0.1, -0.05) is 0 Å². The van der Waals surface area contributed by atoms with Gasteiger partial charge >= 0.3 is 0 Å². The van der Waals surface area contributed by atoms with Crippen molar-refractivity contribution >= 4 is 28.2 Å². The molecule has 9 nitrogen and oxygen atoms in total. The third-order valence-corrected chi connectivity index (χ3v) is 4.74. The lowest BCUT2D eigenvalue weighted by Crippen LogP contribution is -2.17. The maximum Gasteiger partial charge on any atom is 0.250 e. The lowest BCUT2D eigenvalue weighted by Gasteiger charge is -2.21. The molecule has 1 aromatic heterocycles. The number of rotatable bonds is 6. The monoisotopic (exact) mass is 415 g/mol. The van der Waals surface area contributed by atoms with Gasteiger partial charge in [0.05, 0.1) is 18.7 Å². The van der Waals surface area contributed by atoms with E-state index in [1.165, 1.54) is 23.8 Å². The second-order valence-electron chi connectivity index (χ2n) is 6.73. The molecule has 3 aromatic rings. The van der Waals surface area contributed by atoms with Gasteiger partial charge in [0.2, 0.25) is 11.8 Å². The number of hydrogen-bond donors (Lipinski definition) is 2. The predicted octanol–water partition coefficient (Wildman–Crippen LogP) is 3.38. The second-order valence-corrected chi connectivity index (χ2v) is 6.73. The van der Waals surface area contributed by atoms with Gasteiger partial charge < -0.3 is 29.2 Å². The number of carbonyl (C=O) groups is 1. The van der Waals surface area contributed by atoms with Gasteiger partial charge in [-0.05, 0) is 35.5 Å². The molecule has 0 atom stereocenters. The Labute approximate surface area is 169 Å².